The zero-order valence-electron chi connectivity index (χ0n) is 23.5. The molecule has 0 spiro atoms. The fourth-order valence-corrected chi connectivity index (χ4v) is 7.05. The Balaban J connectivity index is 0.00000441. The van der Waals surface area contributed by atoms with E-state index in [1.54, 1.807) is 26.3 Å². The van der Waals surface area contributed by atoms with E-state index >= 15 is 0 Å². The molecule has 0 N–H and O–H groups in total. The first-order valence-electron chi connectivity index (χ1n) is 13.2. The molecule has 0 saturated heterocycles. The van der Waals surface area contributed by atoms with Gasteiger partial charge in [0.05, 0.1) is 18.4 Å². The molecule has 0 aliphatic heterocycles. The highest BCUT2D eigenvalue weighted by Gasteiger charge is 2.50. The maximum Gasteiger partial charge on any atom is 0.339 e. The van der Waals surface area contributed by atoms with Crippen LogP contribution in [0.3, 0.4) is 0 Å². The van der Waals surface area contributed by atoms with E-state index in [1.165, 1.54) is 4.31 Å². The van der Waals surface area contributed by atoms with Crippen LogP contribution in [0.15, 0.2) is 84.9 Å². The Morgan fingerprint density at radius 1 is 0.950 bits per heavy atom. The van der Waals surface area contributed by atoms with Crippen molar-refractivity contribution in [3.63, 3.8) is 0 Å². The Labute approximate surface area is 244 Å². The number of nitrogens with zero attached hydrogens (tertiary/aromatic N) is 2. The first-order chi connectivity index (χ1) is 18.6. The standard InChI is InChI=1S/C31H38N2O5S.ClH/c1-32(2)22-27-20-28(33(3)39(35,36)23-24-12-7-5-8-13-24)18-19-31(27,26-16-11-17-29(21-26)37-4)38-30(34)25-14-9-6-10-15-25;/h5-17,21,27-28H,18-20,22-23H2,1-4H3;1H. The smallest absolute Gasteiger partial charge is 0.339 e. The molecular weight excluding hydrogens is 548 g/mol. The zero-order chi connectivity index (χ0) is 28.0. The Hall–Kier alpha value is -2.91. The van der Waals surface area contributed by atoms with Crippen molar-refractivity contribution in [2.24, 2.45) is 5.92 Å². The van der Waals surface area contributed by atoms with Crippen LogP contribution >= 0.6 is 12.4 Å². The van der Waals surface area contributed by atoms with Gasteiger partial charge in [-0.15, -0.1) is 12.4 Å². The lowest BCUT2D eigenvalue weighted by Gasteiger charge is -2.48. The van der Waals surface area contributed by atoms with Crippen molar-refractivity contribution >= 4 is 28.4 Å². The van der Waals surface area contributed by atoms with Gasteiger partial charge in [-0.05, 0) is 68.8 Å². The van der Waals surface area contributed by atoms with Crippen molar-refractivity contribution < 1.29 is 22.7 Å². The largest absolute Gasteiger partial charge is 0.497 e. The molecule has 3 unspecified atom stereocenters. The van der Waals surface area contributed by atoms with Crippen LogP contribution < -0.4 is 4.74 Å². The van der Waals surface area contributed by atoms with Crippen molar-refractivity contribution in [1.82, 2.24) is 9.21 Å². The molecular formula is C31H39ClN2O5S. The van der Waals surface area contributed by atoms with Crippen LogP contribution in [-0.4, -0.2) is 64.4 Å². The minimum absolute atomic E-state index is 0. The average Bonchev–Trinajstić information content (AvgIpc) is 2.94. The molecule has 3 aromatic rings. The summed E-state index contributed by atoms with van der Waals surface area (Å²) in [6.45, 7) is 0.613. The molecule has 1 fully saturated rings. The van der Waals surface area contributed by atoms with Gasteiger partial charge in [0.25, 0.3) is 0 Å². The third kappa shape index (κ3) is 7.23. The lowest BCUT2D eigenvalue weighted by Crippen LogP contribution is -2.52. The highest BCUT2D eigenvalue weighted by molar-refractivity contribution is 7.88. The number of rotatable bonds is 10. The van der Waals surface area contributed by atoms with E-state index in [-0.39, 0.29) is 30.1 Å². The molecule has 9 heteroatoms. The Morgan fingerprint density at radius 3 is 2.23 bits per heavy atom. The molecule has 1 aliphatic carbocycles. The number of carbonyl (C=O) groups is 1. The van der Waals surface area contributed by atoms with E-state index in [0.29, 0.717) is 37.1 Å². The van der Waals surface area contributed by atoms with Gasteiger partial charge in [0.1, 0.15) is 11.4 Å². The summed E-state index contributed by atoms with van der Waals surface area (Å²) in [6, 6.07) is 25.7. The van der Waals surface area contributed by atoms with Gasteiger partial charge < -0.3 is 14.4 Å². The SMILES string of the molecule is COc1cccc(C2(OC(=O)c3ccccc3)CCC(N(C)S(=O)(=O)Cc3ccccc3)CC2CN(C)C)c1.Cl. The summed E-state index contributed by atoms with van der Waals surface area (Å²) in [5, 5.41) is 0. The van der Waals surface area contributed by atoms with Crippen molar-refractivity contribution in [3.05, 3.63) is 102 Å². The van der Waals surface area contributed by atoms with Crippen molar-refractivity contribution in [2.45, 2.75) is 36.7 Å². The second-order valence-corrected chi connectivity index (χ2v) is 12.6. The summed E-state index contributed by atoms with van der Waals surface area (Å²) in [5.74, 6) is 0.0606. The molecule has 0 radical (unpaired) electrons. The van der Waals surface area contributed by atoms with E-state index in [1.807, 2.05) is 86.9 Å². The van der Waals surface area contributed by atoms with E-state index in [4.69, 9.17) is 9.47 Å². The van der Waals surface area contributed by atoms with Crippen molar-refractivity contribution in [1.29, 1.82) is 0 Å². The molecule has 0 aromatic heterocycles. The fraction of sp³-hybridized carbons (Fsp3) is 0.387. The topological polar surface area (TPSA) is 76.1 Å². The van der Waals surface area contributed by atoms with Crippen LogP contribution in [0.1, 0.15) is 40.7 Å². The van der Waals surface area contributed by atoms with Crippen LogP contribution in [0.25, 0.3) is 0 Å². The molecule has 216 valence electrons. The summed E-state index contributed by atoms with van der Waals surface area (Å²) in [5.41, 5.74) is 1.14. The Bertz CT molecular complexity index is 1350. The minimum atomic E-state index is -3.55. The van der Waals surface area contributed by atoms with Crippen molar-refractivity contribution in [3.8, 4) is 5.75 Å². The fourth-order valence-electron chi connectivity index (χ4n) is 5.59. The van der Waals surface area contributed by atoms with E-state index in [0.717, 1.165) is 11.1 Å². The number of carbonyl (C=O) groups excluding carboxylic acids is 1. The summed E-state index contributed by atoms with van der Waals surface area (Å²) < 4.78 is 40.4. The lowest BCUT2D eigenvalue weighted by molar-refractivity contribution is -0.0916. The first kappa shape index (κ1) is 31.6. The van der Waals surface area contributed by atoms with Gasteiger partial charge in [-0.1, -0.05) is 60.7 Å². The maximum absolute atomic E-state index is 13.5. The van der Waals surface area contributed by atoms with Crippen LogP contribution in [0.5, 0.6) is 5.75 Å². The predicted octanol–water partition coefficient (Wildman–Crippen LogP) is 5.36. The number of methoxy groups -OCH3 is 1. The summed E-state index contributed by atoms with van der Waals surface area (Å²) in [6.07, 6.45) is 1.57. The second-order valence-electron chi connectivity index (χ2n) is 10.5. The van der Waals surface area contributed by atoms with Crippen LogP contribution in [-0.2, 0) is 26.1 Å². The molecule has 4 rings (SSSR count). The van der Waals surface area contributed by atoms with Gasteiger partial charge in [-0.25, -0.2) is 17.5 Å². The van der Waals surface area contributed by atoms with Gasteiger partial charge in [0.2, 0.25) is 10.0 Å². The van der Waals surface area contributed by atoms with Crippen LogP contribution in [0.4, 0.5) is 0 Å². The van der Waals surface area contributed by atoms with Gasteiger partial charge in [0.15, 0.2) is 0 Å². The quantitative estimate of drug-likeness (QED) is 0.298. The van der Waals surface area contributed by atoms with E-state index in [2.05, 4.69) is 4.90 Å². The molecule has 1 saturated carbocycles. The lowest BCUT2D eigenvalue weighted by atomic mass is 9.69. The van der Waals surface area contributed by atoms with Crippen LogP contribution in [0, 0.1) is 5.92 Å². The molecule has 0 bridgehead atoms. The third-order valence-corrected chi connectivity index (χ3v) is 9.51. The number of hydrogen-bond acceptors (Lipinski definition) is 6. The molecule has 3 aromatic carbocycles. The maximum atomic E-state index is 13.5. The average molecular weight is 587 g/mol. The predicted molar refractivity (Wildman–Crippen MR) is 160 cm³/mol. The minimum Gasteiger partial charge on any atom is -0.497 e. The number of hydrogen-bond donors (Lipinski definition) is 0. The van der Waals surface area contributed by atoms with Gasteiger partial charge in [-0.3, -0.25) is 0 Å². The number of sulfonamides is 1. The molecule has 3 atom stereocenters. The molecule has 7 nitrogen and oxygen atoms in total. The first-order valence-corrected chi connectivity index (χ1v) is 14.8. The van der Waals surface area contributed by atoms with Crippen molar-refractivity contribution in [2.75, 3.05) is 34.8 Å². The highest BCUT2D eigenvalue weighted by Crippen LogP contribution is 2.47. The highest BCUT2D eigenvalue weighted by atomic mass is 35.5. The zero-order valence-corrected chi connectivity index (χ0v) is 25.2. The number of halogens is 1. The van der Waals surface area contributed by atoms with Gasteiger partial charge in [0, 0.05) is 25.6 Å². The number of ether oxygens (including phenoxy) is 2. The Kier molecular flexibility index (Phi) is 10.8. The van der Waals surface area contributed by atoms with Gasteiger partial charge >= 0.3 is 5.97 Å². The monoisotopic (exact) mass is 586 g/mol. The van der Waals surface area contributed by atoms with E-state index in [9.17, 15) is 13.2 Å². The van der Waals surface area contributed by atoms with Crippen LogP contribution in [0.2, 0.25) is 0 Å². The summed E-state index contributed by atoms with van der Waals surface area (Å²) >= 11 is 0. The second kappa shape index (κ2) is 13.6. The summed E-state index contributed by atoms with van der Waals surface area (Å²) in [7, 11) is 3.69. The molecule has 40 heavy (non-hydrogen) atoms. The molecule has 0 amide bonds. The number of benzene rings is 3. The van der Waals surface area contributed by atoms with Gasteiger partial charge in [-0.2, -0.15) is 0 Å². The Morgan fingerprint density at radius 2 is 1.60 bits per heavy atom. The molecule has 0 heterocycles. The third-order valence-electron chi connectivity index (χ3n) is 7.64. The molecule has 1 aliphatic rings. The van der Waals surface area contributed by atoms with E-state index < -0.39 is 21.6 Å². The number of esters is 1. The normalized spacial score (nSPS) is 21.1. The summed E-state index contributed by atoms with van der Waals surface area (Å²) in [4.78, 5) is 15.5.